The number of carbonyl (C=O) groups is 1. The summed E-state index contributed by atoms with van der Waals surface area (Å²) in [5.74, 6) is -1.89. The number of aryl methyl sites for hydroxylation is 1. The van der Waals surface area contributed by atoms with Gasteiger partial charge in [0.15, 0.2) is 11.6 Å². The van der Waals surface area contributed by atoms with Gasteiger partial charge < -0.3 is 4.74 Å². The fourth-order valence-corrected chi connectivity index (χ4v) is 6.06. The van der Waals surface area contributed by atoms with Crippen LogP contribution in [-0.2, 0) is 11.2 Å². The summed E-state index contributed by atoms with van der Waals surface area (Å²) in [5.41, 5.74) is 1.78. The van der Waals surface area contributed by atoms with Crippen molar-refractivity contribution in [1.29, 1.82) is 0 Å². The van der Waals surface area contributed by atoms with Crippen LogP contribution in [0.3, 0.4) is 0 Å². The number of ether oxygens (including phenoxy) is 1. The molecule has 0 unspecified atom stereocenters. The molecule has 5 heteroatoms. The topological polar surface area (TPSA) is 26.3 Å². The fraction of sp³-hybridized carbons (Fsp3) is 0.581. The summed E-state index contributed by atoms with van der Waals surface area (Å²) < 4.78 is 50.3. The van der Waals surface area contributed by atoms with Gasteiger partial charge in [-0.2, -0.15) is 0 Å². The van der Waals surface area contributed by atoms with Crippen LogP contribution < -0.4 is 0 Å². The SMILES string of the molecule is CCCCc1ccc(C(=O)OC2CCC(c3ccc(C4CCC(CC)CC4)c(F)c3F)CC2)c(F)c1. The van der Waals surface area contributed by atoms with Crippen LogP contribution >= 0.6 is 0 Å². The molecule has 2 fully saturated rings. The normalized spacial score (nSPS) is 24.5. The molecule has 0 heterocycles. The smallest absolute Gasteiger partial charge is 0.341 e. The number of hydrogen-bond acceptors (Lipinski definition) is 2. The van der Waals surface area contributed by atoms with Gasteiger partial charge >= 0.3 is 5.97 Å². The lowest BCUT2D eigenvalue weighted by Gasteiger charge is -2.30. The van der Waals surface area contributed by atoms with E-state index in [1.54, 1.807) is 18.2 Å². The molecule has 0 amide bonds. The molecule has 0 atom stereocenters. The van der Waals surface area contributed by atoms with Crippen molar-refractivity contribution in [3.05, 3.63) is 70.0 Å². The van der Waals surface area contributed by atoms with Crippen LogP contribution in [0.15, 0.2) is 30.3 Å². The lowest BCUT2D eigenvalue weighted by Crippen LogP contribution is -2.25. The van der Waals surface area contributed by atoms with E-state index in [1.807, 2.05) is 0 Å². The molecule has 36 heavy (non-hydrogen) atoms. The molecule has 4 rings (SSSR count). The molecule has 2 saturated carbocycles. The molecule has 2 aromatic rings. The highest BCUT2D eigenvalue weighted by atomic mass is 19.2. The van der Waals surface area contributed by atoms with E-state index in [2.05, 4.69) is 13.8 Å². The summed E-state index contributed by atoms with van der Waals surface area (Å²) in [7, 11) is 0. The van der Waals surface area contributed by atoms with Gasteiger partial charge in [-0.3, -0.25) is 0 Å². The van der Waals surface area contributed by atoms with Crippen molar-refractivity contribution >= 4 is 5.97 Å². The predicted molar refractivity (Wildman–Crippen MR) is 137 cm³/mol. The highest BCUT2D eigenvalue weighted by Gasteiger charge is 2.31. The van der Waals surface area contributed by atoms with Crippen molar-refractivity contribution < 1.29 is 22.7 Å². The minimum absolute atomic E-state index is 0.0472. The molecule has 0 aromatic heterocycles. The summed E-state index contributed by atoms with van der Waals surface area (Å²) >= 11 is 0. The summed E-state index contributed by atoms with van der Waals surface area (Å²) in [5, 5.41) is 0. The first-order chi connectivity index (χ1) is 17.4. The van der Waals surface area contributed by atoms with Crippen molar-refractivity contribution in [2.45, 2.75) is 109 Å². The van der Waals surface area contributed by atoms with Gasteiger partial charge in [-0.25, -0.2) is 18.0 Å². The zero-order chi connectivity index (χ0) is 25.7. The summed E-state index contributed by atoms with van der Waals surface area (Å²) in [6.45, 7) is 4.27. The van der Waals surface area contributed by atoms with E-state index in [1.165, 1.54) is 12.1 Å². The minimum atomic E-state index is -0.712. The molecular weight excluding hydrogens is 461 g/mol. The molecule has 0 aliphatic heterocycles. The van der Waals surface area contributed by atoms with E-state index in [4.69, 9.17) is 4.74 Å². The first kappa shape index (κ1) is 26.8. The number of carbonyl (C=O) groups excluding carboxylic acids is 1. The Morgan fingerprint density at radius 3 is 1.94 bits per heavy atom. The maximum absolute atomic E-state index is 15.1. The Morgan fingerprint density at radius 2 is 1.42 bits per heavy atom. The summed E-state index contributed by atoms with van der Waals surface area (Å²) in [4.78, 5) is 12.6. The van der Waals surface area contributed by atoms with Crippen LogP contribution in [0.4, 0.5) is 13.2 Å². The second-order valence-corrected chi connectivity index (χ2v) is 10.8. The van der Waals surface area contributed by atoms with Crippen molar-refractivity contribution in [2.24, 2.45) is 5.92 Å². The Hall–Kier alpha value is -2.30. The van der Waals surface area contributed by atoms with Gasteiger partial charge in [0.25, 0.3) is 0 Å². The predicted octanol–water partition coefficient (Wildman–Crippen LogP) is 9.01. The van der Waals surface area contributed by atoms with Crippen molar-refractivity contribution in [3.8, 4) is 0 Å². The van der Waals surface area contributed by atoms with Crippen LogP contribution in [0, 0.1) is 23.4 Å². The number of unbranched alkanes of at least 4 members (excludes halogenated alkanes) is 1. The number of benzene rings is 2. The zero-order valence-corrected chi connectivity index (χ0v) is 21.6. The maximum atomic E-state index is 15.1. The highest BCUT2D eigenvalue weighted by Crippen LogP contribution is 2.41. The molecule has 2 aliphatic rings. The van der Waals surface area contributed by atoms with Gasteiger partial charge in [0.1, 0.15) is 11.9 Å². The molecule has 2 nitrogen and oxygen atoms in total. The van der Waals surface area contributed by atoms with Crippen LogP contribution in [0.1, 0.15) is 123 Å². The zero-order valence-electron chi connectivity index (χ0n) is 21.6. The Balaban J connectivity index is 1.33. The molecule has 0 radical (unpaired) electrons. The summed E-state index contributed by atoms with van der Waals surface area (Å²) in [6, 6.07) is 8.26. The van der Waals surface area contributed by atoms with Crippen LogP contribution in [0.2, 0.25) is 0 Å². The molecule has 0 spiro atoms. The third-order valence-electron chi connectivity index (χ3n) is 8.47. The lowest BCUT2D eigenvalue weighted by molar-refractivity contribution is 0.0189. The Bertz CT molecular complexity index is 1030. The third-order valence-corrected chi connectivity index (χ3v) is 8.47. The van der Waals surface area contributed by atoms with E-state index in [0.29, 0.717) is 42.7 Å². The molecule has 196 valence electrons. The minimum Gasteiger partial charge on any atom is -0.459 e. The number of halogens is 3. The monoisotopic (exact) mass is 500 g/mol. The maximum Gasteiger partial charge on any atom is 0.341 e. The molecular formula is C31H39F3O2. The first-order valence-corrected chi connectivity index (χ1v) is 13.9. The van der Waals surface area contributed by atoms with Crippen molar-refractivity contribution in [3.63, 3.8) is 0 Å². The second kappa shape index (κ2) is 12.3. The van der Waals surface area contributed by atoms with E-state index in [-0.39, 0.29) is 23.5 Å². The lowest BCUT2D eigenvalue weighted by atomic mass is 9.76. The van der Waals surface area contributed by atoms with E-state index in [0.717, 1.165) is 56.9 Å². The molecule has 0 saturated heterocycles. The van der Waals surface area contributed by atoms with Crippen molar-refractivity contribution in [2.75, 3.05) is 0 Å². The van der Waals surface area contributed by atoms with Crippen molar-refractivity contribution in [1.82, 2.24) is 0 Å². The number of rotatable bonds is 8. The first-order valence-electron chi connectivity index (χ1n) is 13.9. The van der Waals surface area contributed by atoms with Crippen LogP contribution in [-0.4, -0.2) is 12.1 Å². The Morgan fingerprint density at radius 1 is 0.833 bits per heavy atom. The van der Waals surface area contributed by atoms with Gasteiger partial charge in [0.05, 0.1) is 5.56 Å². The van der Waals surface area contributed by atoms with Gasteiger partial charge in [0.2, 0.25) is 0 Å². The average molecular weight is 501 g/mol. The fourth-order valence-electron chi connectivity index (χ4n) is 6.06. The molecule has 2 aliphatic carbocycles. The molecule has 0 N–H and O–H groups in total. The summed E-state index contributed by atoms with van der Waals surface area (Å²) in [6.07, 6.45) is 9.92. The largest absolute Gasteiger partial charge is 0.459 e. The third kappa shape index (κ3) is 6.15. The van der Waals surface area contributed by atoms with Gasteiger partial charge in [-0.05, 0) is 111 Å². The second-order valence-electron chi connectivity index (χ2n) is 10.8. The number of esters is 1. The van der Waals surface area contributed by atoms with Gasteiger partial charge in [-0.1, -0.05) is 44.9 Å². The van der Waals surface area contributed by atoms with E-state index >= 15 is 8.78 Å². The quantitative estimate of drug-likeness (QED) is 0.338. The Kier molecular flexibility index (Phi) is 9.14. The average Bonchev–Trinajstić information content (AvgIpc) is 2.89. The molecule has 2 aromatic carbocycles. The van der Waals surface area contributed by atoms with E-state index in [9.17, 15) is 9.18 Å². The Labute approximate surface area is 213 Å². The molecule has 0 bridgehead atoms. The van der Waals surface area contributed by atoms with E-state index < -0.39 is 23.4 Å². The standard InChI is InChI=1S/C31H39F3O2/c1-3-5-6-21-9-16-27(28(32)19-21)31(35)36-24-14-12-23(13-15-24)26-18-17-25(29(33)30(26)34)22-10-7-20(4-2)8-11-22/h9,16-20,22-24H,3-8,10-15H2,1-2H3. The highest BCUT2D eigenvalue weighted by molar-refractivity contribution is 5.89. The van der Waals surface area contributed by atoms with Crippen LogP contribution in [0.5, 0.6) is 0 Å². The van der Waals surface area contributed by atoms with Gasteiger partial charge in [0, 0.05) is 0 Å². The van der Waals surface area contributed by atoms with Crippen LogP contribution in [0.25, 0.3) is 0 Å². The number of hydrogen-bond donors (Lipinski definition) is 0. The van der Waals surface area contributed by atoms with Gasteiger partial charge in [-0.15, -0.1) is 0 Å².